The van der Waals surface area contributed by atoms with Gasteiger partial charge in [0.1, 0.15) is 0 Å². The zero-order valence-electron chi connectivity index (χ0n) is 14.6. The Kier molecular flexibility index (Phi) is 3.01. The van der Waals surface area contributed by atoms with E-state index >= 15 is 0 Å². The highest BCUT2D eigenvalue weighted by atomic mass is 15.1. The van der Waals surface area contributed by atoms with Crippen LogP contribution in [-0.4, -0.2) is 39.5 Å². The number of rotatable bonds is 1. The largest absolute Gasteiger partial charge is 0.361 e. The van der Waals surface area contributed by atoms with E-state index in [2.05, 4.69) is 28.2 Å². The second-order valence-electron chi connectivity index (χ2n) is 8.17. The van der Waals surface area contributed by atoms with E-state index in [4.69, 9.17) is 9.97 Å². The first-order valence-electron chi connectivity index (χ1n) is 9.89. The van der Waals surface area contributed by atoms with Gasteiger partial charge in [0.05, 0.1) is 22.4 Å². The minimum Gasteiger partial charge on any atom is -0.361 e. The summed E-state index contributed by atoms with van der Waals surface area (Å²) in [6.45, 7) is 3.79. The van der Waals surface area contributed by atoms with Gasteiger partial charge in [0, 0.05) is 29.6 Å². The van der Waals surface area contributed by atoms with Gasteiger partial charge in [-0.15, -0.1) is 0 Å². The lowest BCUT2D eigenvalue weighted by molar-refractivity contribution is 0.0877. The molecule has 1 unspecified atom stereocenters. The minimum absolute atomic E-state index is 0.652. The number of aromatic amines is 1. The summed E-state index contributed by atoms with van der Waals surface area (Å²) in [5.41, 5.74) is 7.40. The number of piperidine rings is 3. The van der Waals surface area contributed by atoms with Gasteiger partial charge in [-0.05, 0) is 75.2 Å². The van der Waals surface area contributed by atoms with Gasteiger partial charge in [0.15, 0.2) is 0 Å². The number of hydrogen-bond acceptors (Lipinski definition) is 3. The van der Waals surface area contributed by atoms with Crippen molar-refractivity contribution in [2.75, 3.05) is 19.6 Å². The Morgan fingerprint density at radius 2 is 1.80 bits per heavy atom. The Hall–Kier alpha value is -1.94. The number of fused-ring (bicyclic) bond motifs is 7. The number of hydrogen-bond donors (Lipinski definition) is 1. The standard InChI is InChI=1S/C21H24N4/c1-2-4-17-16(3-1)23-19-6-5-18-20(21(19)24-17)14(11-22-18)15-12-25-9-7-13(15)8-10-25/h5-6,11,13,15,22H,1-4,7-10,12H2. The van der Waals surface area contributed by atoms with Gasteiger partial charge in [-0.25, -0.2) is 9.97 Å². The van der Waals surface area contributed by atoms with Crippen LogP contribution in [0.3, 0.4) is 0 Å². The monoisotopic (exact) mass is 332 g/mol. The van der Waals surface area contributed by atoms with Crippen LogP contribution in [0, 0.1) is 5.92 Å². The predicted octanol–water partition coefficient (Wildman–Crippen LogP) is 3.80. The second kappa shape index (κ2) is 5.28. The summed E-state index contributed by atoms with van der Waals surface area (Å²) >= 11 is 0. The number of aromatic nitrogens is 3. The van der Waals surface area contributed by atoms with Crippen LogP contribution in [0.4, 0.5) is 0 Å². The van der Waals surface area contributed by atoms with Crippen LogP contribution in [0.25, 0.3) is 21.9 Å². The summed E-state index contributed by atoms with van der Waals surface area (Å²) in [4.78, 5) is 16.3. The van der Waals surface area contributed by atoms with E-state index in [-0.39, 0.29) is 0 Å². The highest BCUT2D eigenvalue weighted by Crippen LogP contribution is 2.42. The Bertz CT molecular complexity index is 965. The lowest BCUT2D eigenvalue weighted by atomic mass is 9.75. The van der Waals surface area contributed by atoms with Crippen LogP contribution in [0.1, 0.15) is 48.6 Å². The lowest BCUT2D eigenvalue weighted by Gasteiger charge is -2.44. The van der Waals surface area contributed by atoms with Crippen molar-refractivity contribution in [3.63, 3.8) is 0 Å². The Labute approximate surface area is 147 Å². The number of aryl methyl sites for hydroxylation is 2. The number of nitrogens with one attached hydrogen (secondary N) is 1. The fraction of sp³-hybridized carbons (Fsp3) is 0.524. The fourth-order valence-corrected chi connectivity index (χ4v) is 5.43. The van der Waals surface area contributed by atoms with E-state index in [1.165, 1.54) is 73.2 Å². The maximum atomic E-state index is 5.14. The van der Waals surface area contributed by atoms with E-state index in [1.807, 2.05) is 0 Å². The summed E-state index contributed by atoms with van der Waals surface area (Å²) in [5, 5.41) is 1.34. The van der Waals surface area contributed by atoms with Gasteiger partial charge in [-0.1, -0.05) is 0 Å². The fourth-order valence-electron chi connectivity index (χ4n) is 5.43. The van der Waals surface area contributed by atoms with Gasteiger partial charge in [0.25, 0.3) is 0 Å². The smallest absolute Gasteiger partial charge is 0.0986 e. The third-order valence-corrected chi connectivity index (χ3v) is 6.80. The average molecular weight is 332 g/mol. The zero-order chi connectivity index (χ0) is 16.4. The average Bonchev–Trinajstić information content (AvgIpc) is 3.12. The molecule has 25 heavy (non-hydrogen) atoms. The molecule has 2 aromatic heterocycles. The Morgan fingerprint density at radius 3 is 2.56 bits per heavy atom. The third-order valence-electron chi connectivity index (χ3n) is 6.80. The topological polar surface area (TPSA) is 44.8 Å². The number of nitrogens with zero attached hydrogens (tertiary/aromatic N) is 3. The molecular formula is C21H24N4. The molecule has 1 aliphatic carbocycles. The molecule has 4 aliphatic rings. The van der Waals surface area contributed by atoms with E-state index < -0.39 is 0 Å². The first-order valence-corrected chi connectivity index (χ1v) is 9.89. The predicted molar refractivity (Wildman–Crippen MR) is 99.9 cm³/mol. The number of benzene rings is 1. The lowest BCUT2D eigenvalue weighted by Crippen LogP contribution is -2.46. The first kappa shape index (κ1) is 14.3. The SMILES string of the molecule is c1[nH]c2ccc3nc4c(nc3c2c1C1CN2CCC1CC2)CCCC4. The molecule has 128 valence electrons. The molecule has 0 radical (unpaired) electrons. The summed E-state index contributed by atoms with van der Waals surface area (Å²) < 4.78 is 0. The van der Waals surface area contributed by atoms with Gasteiger partial charge in [-0.3, -0.25) is 0 Å². The molecule has 0 saturated carbocycles. The van der Waals surface area contributed by atoms with Crippen LogP contribution < -0.4 is 0 Å². The first-order chi connectivity index (χ1) is 12.4. The molecule has 4 heteroatoms. The summed E-state index contributed by atoms with van der Waals surface area (Å²) in [5.74, 6) is 1.49. The normalized spacial score (nSPS) is 28.6. The molecule has 1 aromatic carbocycles. The number of H-pyrrole nitrogens is 1. The summed E-state index contributed by atoms with van der Waals surface area (Å²) in [7, 11) is 0. The Balaban J connectivity index is 1.58. The Morgan fingerprint density at radius 1 is 1.00 bits per heavy atom. The van der Waals surface area contributed by atoms with Crippen molar-refractivity contribution in [1.29, 1.82) is 0 Å². The van der Waals surface area contributed by atoms with Crippen LogP contribution in [0.5, 0.6) is 0 Å². The molecule has 4 nitrogen and oxygen atoms in total. The van der Waals surface area contributed by atoms with E-state index in [0.717, 1.165) is 29.8 Å². The van der Waals surface area contributed by atoms with Crippen molar-refractivity contribution in [3.8, 4) is 0 Å². The zero-order valence-corrected chi connectivity index (χ0v) is 14.6. The van der Waals surface area contributed by atoms with E-state index in [9.17, 15) is 0 Å². The van der Waals surface area contributed by atoms with Crippen molar-refractivity contribution in [1.82, 2.24) is 19.9 Å². The van der Waals surface area contributed by atoms with Crippen molar-refractivity contribution >= 4 is 21.9 Å². The highest BCUT2D eigenvalue weighted by Gasteiger charge is 2.36. The molecule has 0 amide bonds. The van der Waals surface area contributed by atoms with Crippen LogP contribution in [0.15, 0.2) is 18.3 Å². The summed E-state index contributed by atoms with van der Waals surface area (Å²) in [6, 6.07) is 4.35. The highest BCUT2D eigenvalue weighted by molar-refractivity contribution is 6.05. The van der Waals surface area contributed by atoms with Gasteiger partial charge in [-0.2, -0.15) is 0 Å². The maximum Gasteiger partial charge on any atom is 0.0986 e. The van der Waals surface area contributed by atoms with Crippen molar-refractivity contribution in [2.24, 2.45) is 5.92 Å². The molecule has 3 aromatic rings. The van der Waals surface area contributed by atoms with Crippen LogP contribution >= 0.6 is 0 Å². The molecule has 1 atom stereocenters. The van der Waals surface area contributed by atoms with Crippen LogP contribution in [-0.2, 0) is 12.8 Å². The van der Waals surface area contributed by atoms with E-state index in [1.54, 1.807) is 0 Å². The van der Waals surface area contributed by atoms with Crippen molar-refractivity contribution in [3.05, 3.63) is 35.3 Å². The summed E-state index contributed by atoms with van der Waals surface area (Å²) in [6.07, 6.45) is 9.65. The van der Waals surface area contributed by atoms with Gasteiger partial charge < -0.3 is 9.88 Å². The molecule has 7 rings (SSSR count). The molecule has 5 heterocycles. The third kappa shape index (κ3) is 2.10. The van der Waals surface area contributed by atoms with Crippen molar-refractivity contribution < 1.29 is 0 Å². The van der Waals surface area contributed by atoms with E-state index in [0.29, 0.717) is 5.92 Å². The molecule has 2 bridgehead atoms. The van der Waals surface area contributed by atoms with Crippen molar-refractivity contribution in [2.45, 2.75) is 44.4 Å². The molecular weight excluding hydrogens is 308 g/mol. The van der Waals surface area contributed by atoms with Gasteiger partial charge >= 0.3 is 0 Å². The van der Waals surface area contributed by atoms with Gasteiger partial charge in [0.2, 0.25) is 0 Å². The molecule has 3 fully saturated rings. The second-order valence-corrected chi connectivity index (χ2v) is 8.17. The molecule has 0 spiro atoms. The maximum absolute atomic E-state index is 5.14. The molecule has 3 aliphatic heterocycles. The van der Waals surface area contributed by atoms with Crippen LogP contribution in [0.2, 0.25) is 0 Å². The molecule has 1 N–H and O–H groups in total. The molecule has 3 saturated heterocycles. The quantitative estimate of drug-likeness (QED) is 0.737. The minimum atomic E-state index is 0.652.